The molecule has 2 N–H and O–H groups in total. The standard InChI is InChI=1S/C22H24F2N6O2.ClH/c1-28(2)20(31)18(19(25)21(32)29-10-9-22(23,24)12-29)15-5-3-14(4-6-15)16-7-8-17-26-13-27-30(17)11-16;/h3-8,11,13,18-19H,9-10,12,25H2,1-2H3;1H/t18-,19-;/m0./s1. The third kappa shape index (κ3) is 4.96. The largest absolute Gasteiger partial charge is 0.348 e. The number of alkyl halides is 2. The van der Waals surface area contributed by atoms with Crippen LogP contribution in [0.5, 0.6) is 0 Å². The average Bonchev–Trinajstić information content (AvgIpc) is 3.38. The zero-order chi connectivity index (χ0) is 23.0. The fourth-order valence-electron chi connectivity index (χ4n) is 3.93. The van der Waals surface area contributed by atoms with Gasteiger partial charge in [0.1, 0.15) is 12.4 Å². The summed E-state index contributed by atoms with van der Waals surface area (Å²) >= 11 is 0. The molecule has 0 aliphatic carbocycles. The molecule has 1 aromatic carbocycles. The second kappa shape index (κ2) is 9.40. The smallest absolute Gasteiger partial charge is 0.267 e. The molecule has 2 aromatic heterocycles. The quantitative estimate of drug-likeness (QED) is 0.606. The Labute approximate surface area is 195 Å². The Kier molecular flexibility index (Phi) is 6.99. The molecular formula is C22H25ClF2N6O2. The monoisotopic (exact) mass is 478 g/mol. The first kappa shape index (κ1) is 24.5. The van der Waals surface area contributed by atoms with E-state index < -0.39 is 36.8 Å². The van der Waals surface area contributed by atoms with Gasteiger partial charge >= 0.3 is 0 Å². The minimum Gasteiger partial charge on any atom is -0.348 e. The van der Waals surface area contributed by atoms with Gasteiger partial charge in [-0.15, -0.1) is 12.4 Å². The van der Waals surface area contributed by atoms with Gasteiger partial charge in [0, 0.05) is 38.8 Å². The Morgan fingerprint density at radius 2 is 1.79 bits per heavy atom. The van der Waals surface area contributed by atoms with Crippen LogP contribution in [0.1, 0.15) is 17.9 Å². The van der Waals surface area contributed by atoms with Gasteiger partial charge in [-0.1, -0.05) is 24.3 Å². The number of carbonyl (C=O) groups is 2. The van der Waals surface area contributed by atoms with Gasteiger partial charge in [-0.3, -0.25) is 9.59 Å². The summed E-state index contributed by atoms with van der Waals surface area (Å²) < 4.78 is 28.8. The zero-order valence-corrected chi connectivity index (χ0v) is 19.0. The number of nitrogens with two attached hydrogens (primary N) is 1. The van der Waals surface area contributed by atoms with Gasteiger partial charge in [0.25, 0.3) is 5.92 Å². The number of amides is 2. The van der Waals surface area contributed by atoms with Crippen molar-refractivity contribution in [1.29, 1.82) is 0 Å². The second-order valence-electron chi connectivity index (χ2n) is 8.20. The summed E-state index contributed by atoms with van der Waals surface area (Å²) in [6, 6.07) is 9.60. The number of likely N-dealkylation sites (tertiary alicyclic amines) is 1. The highest BCUT2D eigenvalue weighted by Gasteiger charge is 2.44. The number of likely N-dealkylation sites (N-methyl/N-ethyl adjacent to an activating group) is 1. The van der Waals surface area contributed by atoms with Gasteiger partial charge in [-0.25, -0.2) is 18.3 Å². The Morgan fingerprint density at radius 3 is 2.39 bits per heavy atom. The van der Waals surface area contributed by atoms with Crippen LogP contribution < -0.4 is 5.73 Å². The highest BCUT2D eigenvalue weighted by atomic mass is 35.5. The van der Waals surface area contributed by atoms with Gasteiger partial charge in [-0.2, -0.15) is 5.10 Å². The predicted molar refractivity (Wildman–Crippen MR) is 121 cm³/mol. The first-order valence-electron chi connectivity index (χ1n) is 10.2. The number of aromatic nitrogens is 3. The number of rotatable bonds is 5. The lowest BCUT2D eigenvalue weighted by molar-refractivity contribution is -0.139. The Bertz CT molecular complexity index is 1150. The number of fused-ring (bicyclic) bond motifs is 1. The topological polar surface area (TPSA) is 96.8 Å². The van der Waals surface area contributed by atoms with E-state index in [1.165, 1.54) is 11.2 Å². The van der Waals surface area contributed by atoms with Crippen molar-refractivity contribution in [3.8, 4) is 11.1 Å². The fraction of sp³-hybridized carbons (Fsp3) is 0.364. The van der Waals surface area contributed by atoms with E-state index in [9.17, 15) is 18.4 Å². The van der Waals surface area contributed by atoms with Crippen LogP contribution >= 0.6 is 12.4 Å². The van der Waals surface area contributed by atoms with Gasteiger partial charge in [-0.05, 0) is 23.3 Å². The van der Waals surface area contributed by atoms with Gasteiger partial charge in [0.2, 0.25) is 11.8 Å². The molecule has 1 fully saturated rings. The van der Waals surface area contributed by atoms with Crippen LogP contribution in [-0.4, -0.2) is 75.4 Å². The molecule has 0 bridgehead atoms. The summed E-state index contributed by atoms with van der Waals surface area (Å²) in [7, 11) is 3.14. The van der Waals surface area contributed by atoms with Crippen molar-refractivity contribution in [2.24, 2.45) is 5.73 Å². The van der Waals surface area contributed by atoms with Crippen molar-refractivity contribution in [3.05, 3.63) is 54.5 Å². The molecule has 3 heterocycles. The van der Waals surface area contributed by atoms with Crippen molar-refractivity contribution < 1.29 is 18.4 Å². The number of hydrogen-bond acceptors (Lipinski definition) is 5. The molecule has 8 nitrogen and oxygen atoms in total. The van der Waals surface area contributed by atoms with Gasteiger partial charge < -0.3 is 15.5 Å². The maximum absolute atomic E-state index is 13.6. The third-order valence-electron chi connectivity index (χ3n) is 5.71. The van der Waals surface area contributed by atoms with Crippen LogP contribution in [0.15, 0.2) is 48.9 Å². The van der Waals surface area contributed by atoms with Crippen LogP contribution in [0.25, 0.3) is 16.8 Å². The normalized spacial score (nSPS) is 16.8. The van der Waals surface area contributed by atoms with Gasteiger partial charge in [0.15, 0.2) is 5.65 Å². The summed E-state index contributed by atoms with van der Waals surface area (Å²) in [5, 5.41) is 4.13. The lowest BCUT2D eigenvalue weighted by atomic mass is 9.88. The number of carbonyl (C=O) groups excluding carboxylic acids is 2. The van der Waals surface area contributed by atoms with E-state index in [1.807, 2.05) is 30.5 Å². The molecule has 33 heavy (non-hydrogen) atoms. The molecule has 0 unspecified atom stereocenters. The lowest BCUT2D eigenvalue weighted by Crippen LogP contribution is -2.50. The maximum atomic E-state index is 13.6. The molecule has 1 aliphatic heterocycles. The highest BCUT2D eigenvalue weighted by Crippen LogP contribution is 2.30. The maximum Gasteiger partial charge on any atom is 0.267 e. The minimum absolute atomic E-state index is 0. The number of benzene rings is 1. The third-order valence-corrected chi connectivity index (χ3v) is 5.71. The summed E-state index contributed by atoms with van der Waals surface area (Å²) in [5.74, 6) is -4.93. The number of hydrogen-bond donors (Lipinski definition) is 1. The minimum atomic E-state index is -2.93. The van der Waals surface area contributed by atoms with E-state index in [1.54, 1.807) is 30.7 Å². The highest BCUT2D eigenvalue weighted by molar-refractivity contribution is 5.93. The molecule has 1 saturated heterocycles. The summed E-state index contributed by atoms with van der Waals surface area (Å²) in [4.78, 5) is 32.3. The number of pyridine rings is 1. The Morgan fingerprint density at radius 1 is 1.12 bits per heavy atom. The van der Waals surface area contributed by atoms with Crippen molar-refractivity contribution in [1.82, 2.24) is 24.4 Å². The Balaban J connectivity index is 0.00000306. The van der Waals surface area contributed by atoms with Crippen molar-refractivity contribution in [3.63, 3.8) is 0 Å². The lowest BCUT2D eigenvalue weighted by Gasteiger charge is -2.28. The van der Waals surface area contributed by atoms with E-state index in [0.717, 1.165) is 21.7 Å². The SMILES string of the molecule is CN(C)C(=O)[C@@H](c1ccc(-c2ccc3ncnn3c2)cc1)[C@H](N)C(=O)N1CCC(F)(F)C1.Cl. The Hall–Kier alpha value is -3.11. The van der Waals surface area contributed by atoms with Crippen LogP contribution in [0.4, 0.5) is 8.78 Å². The van der Waals surface area contributed by atoms with E-state index >= 15 is 0 Å². The molecule has 0 spiro atoms. The van der Waals surface area contributed by atoms with E-state index in [-0.39, 0.29) is 24.9 Å². The molecule has 3 aromatic rings. The number of nitrogens with zero attached hydrogens (tertiary/aromatic N) is 5. The number of halogens is 3. The first-order chi connectivity index (χ1) is 15.2. The van der Waals surface area contributed by atoms with E-state index in [0.29, 0.717) is 5.56 Å². The summed E-state index contributed by atoms with van der Waals surface area (Å²) in [6.07, 6.45) is 2.90. The molecule has 0 saturated carbocycles. The molecule has 4 rings (SSSR count). The van der Waals surface area contributed by atoms with Crippen LogP contribution in [-0.2, 0) is 9.59 Å². The average molecular weight is 479 g/mol. The molecule has 2 amide bonds. The molecule has 176 valence electrons. The van der Waals surface area contributed by atoms with E-state index in [4.69, 9.17) is 5.73 Å². The molecule has 11 heteroatoms. The van der Waals surface area contributed by atoms with Gasteiger partial charge in [0.05, 0.1) is 12.5 Å². The molecule has 1 aliphatic rings. The molecule has 0 radical (unpaired) electrons. The van der Waals surface area contributed by atoms with Crippen LogP contribution in [0.2, 0.25) is 0 Å². The fourth-order valence-corrected chi connectivity index (χ4v) is 3.93. The molecule has 2 atom stereocenters. The molecular weight excluding hydrogens is 454 g/mol. The second-order valence-corrected chi connectivity index (χ2v) is 8.20. The van der Waals surface area contributed by atoms with Crippen molar-refractivity contribution >= 4 is 29.9 Å². The summed E-state index contributed by atoms with van der Waals surface area (Å²) in [6.45, 7) is -0.752. The van der Waals surface area contributed by atoms with E-state index in [2.05, 4.69) is 10.1 Å². The summed E-state index contributed by atoms with van der Waals surface area (Å²) in [5.41, 5.74) is 9.23. The van der Waals surface area contributed by atoms with Crippen LogP contribution in [0, 0.1) is 0 Å². The zero-order valence-electron chi connectivity index (χ0n) is 18.2. The van der Waals surface area contributed by atoms with Crippen molar-refractivity contribution in [2.45, 2.75) is 24.3 Å². The predicted octanol–water partition coefficient (Wildman–Crippen LogP) is 2.18. The van der Waals surface area contributed by atoms with Crippen LogP contribution in [0.3, 0.4) is 0 Å². The first-order valence-corrected chi connectivity index (χ1v) is 10.2. The van der Waals surface area contributed by atoms with Crippen molar-refractivity contribution in [2.75, 3.05) is 27.2 Å².